The summed E-state index contributed by atoms with van der Waals surface area (Å²) in [5, 5.41) is 6.69. The third kappa shape index (κ3) is 5.05. The zero-order valence-corrected chi connectivity index (χ0v) is 16.9. The normalized spacial score (nSPS) is 10.5. The summed E-state index contributed by atoms with van der Waals surface area (Å²) in [7, 11) is 4.59. The molecule has 1 amide bonds. The van der Waals surface area contributed by atoms with Crippen LogP contribution in [0.2, 0.25) is 0 Å². The van der Waals surface area contributed by atoms with Crippen molar-refractivity contribution in [2.24, 2.45) is 0 Å². The fourth-order valence-electron chi connectivity index (χ4n) is 2.82. The molecule has 0 aliphatic heterocycles. The monoisotopic (exact) mass is 415 g/mol. The highest BCUT2D eigenvalue weighted by Crippen LogP contribution is 2.38. The van der Waals surface area contributed by atoms with Crippen molar-refractivity contribution in [1.29, 1.82) is 0 Å². The first kappa shape index (κ1) is 21.1. The Morgan fingerprint density at radius 2 is 1.73 bits per heavy atom. The molecule has 158 valence electrons. The average Bonchev–Trinajstić information content (AvgIpc) is 3.24. The number of methoxy groups -OCH3 is 3. The van der Waals surface area contributed by atoms with Crippen LogP contribution in [0.25, 0.3) is 11.4 Å². The lowest BCUT2D eigenvalue weighted by molar-refractivity contribution is -0.121. The number of halogens is 1. The van der Waals surface area contributed by atoms with E-state index in [2.05, 4.69) is 15.5 Å². The predicted molar refractivity (Wildman–Crippen MR) is 106 cm³/mol. The summed E-state index contributed by atoms with van der Waals surface area (Å²) < 4.78 is 34.1. The number of nitrogens with one attached hydrogen (secondary N) is 1. The molecule has 0 spiro atoms. The van der Waals surface area contributed by atoms with E-state index in [-0.39, 0.29) is 24.6 Å². The Hall–Kier alpha value is -3.62. The maximum atomic E-state index is 13.0. The highest BCUT2D eigenvalue weighted by Gasteiger charge is 2.14. The number of aromatic nitrogens is 2. The van der Waals surface area contributed by atoms with Crippen LogP contribution in [0, 0.1) is 5.82 Å². The van der Waals surface area contributed by atoms with E-state index in [0.717, 1.165) is 5.56 Å². The van der Waals surface area contributed by atoms with Crippen molar-refractivity contribution >= 4 is 5.91 Å². The zero-order valence-electron chi connectivity index (χ0n) is 16.9. The summed E-state index contributed by atoms with van der Waals surface area (Å²) >= 11 is 0. The number of ether oxygens (including phenoxy) is 3. The quantitative estimate of drug-likeness (QED) is 0.574. The molecule has 0 aliphatic carbocycles. The number of hydrogen-bond acceptors (Lipinski definition) is 7. The Bertz CT molecular complexity index is 979. The van der Waals surface area contributed by atoms with E-state index in [1.807, 2.05) is 0 Å². The van der Waals surface area contributed by atoms with E-state index in [1.165, 1.54) is 33.5 Å². The van der Waals surface area contributed by atoms with Crippen LogP contribution in [0.1, 0.15) is 17.9 Å². The number of benzene rings is 2. The van der Waals surface area contributed by atoms with Crippen LogP contribution in [0.5, 0.6) is 17.2 Å². The van der Waals surface area contributed by atoms with Crippen molar-refractivity contribution in [3.63, 3.8) is 0 Å². The summed E-state index contributed by atoms with van der Waals surface area (Å²) in [6, 6.07) is 9.31. The van der Waals surface area contributed by atoms with Crippen molar-refractivity contribution < 1.29 is 27.9 Å². The lowest BCUT2D eigenvalue weighted by atomic mass is 10.1. The van der Waals surface area contributed by atoms with Gasteiger partial charge in [0.05, 0.1) is 21.3 Å². The number of carbonyl (C=O) groups excluding carboxylic acids is 1. The van der Waals surface area contributed by atoms with Crippen LogP contribution in [-0.2, 0) is 17.8 Å². The van der Waals surface area contributed by atoms with Gasteiger partial charge in [-0.2, -0.15) is 4.98 Å². The third-order valence-electron chi connectivity index (χ3n) is 4.35. The molecule has 0 unspecified atom stereocenters. The van der Waals surface area contributed by atoms with Gasteiger partial charge in [-0.25, -0.2) is 4.39 Å². The second kappa shape index (κ2) is 9.73. The number of aryl methyl sites for hydroxylation is 1. The van der Waals surface area contributed by atoms with Crippen LogP contribution in [0.3, 0.4) is 0 Å². The molecule has 9 heteroatoms. The summed E-state index contributed by atoms with van der Waals surface area (Å²) in [6.45, 7) is 0.292. The lowest BCUT2D eigenvalue weighted by Gasteiger charge is -2.14. The summed E-state index contributed by atoms with van der Waals surface area (Å²) in [4.78, 5) is 16.4. The van der Waals surface area contributed by atoms with Gasteiger partial charge in [-0.15, -0.1) is 0 Å². The molecule has 30 heavy (non-hydrogen) atoms. The number of rotatable bonds is 9. The highest BCUT2D eigenvalue weighted by atomic mass is 19.1. The fraction of sp³-hybridized carbons (Fsp3) is 0.286. The minimum atomic E-state index is -0.341. The second-order valence-electron chi connectivity index (χ2n) is 6.33. The summed E-state index contributed by atoms with van der Waals surface area (Å²) in [5.74, 6) is 1.68. The van der Waals surface area contributed by atoms with E-state index in [4.69, 9.17) is 18.7 Å². The van der Waals surface area contributed by atoms with Crippen LogP contribution in [-0.4, -0.2) is 37.4 Å². The van der Waals surface area contributed by atoms with Gasteiger partial charge in [0.2, 0.25) is 23.4 Å². The van der Waals surface area contributed by atoms with E-state index in [0.29, 0.717) is 41.1 Å². The molecular formula is C21H22FN3O5. The molecule has 0 saturated heterocycles. The molecular weight excluding hydrogens is 393 g/mol. The lowest BCUT2D eigenvalue weighted by Crippen LogP contribution is -2.23. The summed E-state index contributed by atoms with van der Waals surface area (Å²) in [5.41, 5.74) is 1.44. The molecule has 0 fully saturated rings. The standard InChI is InChI=1S/C21H22FN3O5/c1-27-16-10-13(11-17(28-2)20(16)29-3)12-23-18(26)8-9-19-24-21(25-30-19)14-4-6-15(22)7-5-14/h4-7,10-11H,8-9,12H2,1-3H3,(H,23,26). The molecule has 0 aliphatic rings. The summed E-state index contributed by atoms with van der Waals surface area (Å²) in [6.07, 6.45) is 0.463. The number of hydrogen-bond donors (Lipinski definition) is 1. The Balaban J connectivity index is 1.55. The SMILES string of the molecule is COc1cc(CNC(=O)CCc2nc(-c3ccc(F)cc3)no2)cc(OC)c1OC. The van der Waals surface area contributed by atoms with Crippen LogP contribution in [0.4, 0.5) is 4.39 Å². The van der Waals surface area contributed by atoms with E-state index < -0.39 is 0 Å². The molecule has 0 radical (unpaired) electrons. The predicted octanol–water partition coefficient (Wildman–Crippen LogP) is 3.15. The molecule has 0 bridgehead atoms. The first-order valence-electron chi connectivity index (χ1n) is 9.18. The van der Waals surface area contributed by atoms with Crippen molar-refractivity contribution in [3.8, 4) is 28.6 Å². The van der Waals surface area contributed by atoms with Crippen LogP contribution >= 0.6 is 0 Å². The van der Waals surface area contributed by atoms with Gasteiger partial charge in [0.15, 0.2) is 11.5 Å². The van der Waals surface area contributed by atoms with Crippen LogP contribution < -0.4 is 19.5 Å². The minimum absolute atomic E-state index is 0.176. The van der Waals surface area contributed by atoms with Gasteiger partial charge < -0.3 is 24.1 Å². The van der Waals surface area contributed by atoms with Gasteiger partial charge in [0.1, 0.15) is 5.82 Å². The van der Waals surface area contributed by atoms with E-state index in [1.54, 1.807) is 24.3 Å². The molecule has 8 nitrogen and oxygen atoms in total. The maximum absolute atomic E-state index is 13.0. The molecule has 3 rings (SSSR count). The zero-order chi connectivity index (χ0) is 21.5. The topological polar surface area (TPSA) is 95.7 Å². The van der Waals surface area contributed by atoms with Gasteiger partial charge in [0, 0.05) is 24.9 Å². The number of amides is 1. The third-order valence-corrected chi connectivity index (χ3v) is 4.35. The van der Waals surface area contributed by atoms with Gasteiger partial charge in [-0.1, -0.05) is 5.16 Å². The second-order valence-corrected chi connectivity index (χ2v) is 6.33. The molecule has 1 heterocycles. The fourth-order valence-corrected chi connectivity index (χ4v) is 2.82. The van der Waals surface area contributed by atoms with Crippen molar-refractivity contribution in [1.82, 2.24) is 15.5 Å². The number of carbonyl (C=O) groups is 1. The van der Waals surface area contributed by atoms with Gasteiger partial charge in [0.25, 0.3) is 0 Å². The van der Waals surface area contributed by atoms with Crippen molar-refractivity contribution in [2.45, 2.75) is 19.4 Å². The largest absolute Gasteiger partial charge is 0.493 e. The van der Waals surface area contributed by atoms with Crippen LogP contribution in [0.15, 0.2) is 40.9 Å². The van der Waals surface area contributed by atoms with Gasteiger partial charge >= 0.3 is 0 Å². The van der Waals surface area contributed by atoms with Crippen molar-refractivity contribution in [2.75, 3.05) is 21.3 Å². The smallest absolute Gasteiger partial charge is 0.227 e. The first-order chi connectivity index (χ1) is 14.5. The molecule has 2 aromatic carbocycles. The maximum Gasteiger partial charge on any atom is 0.227 e. The number of nitrogens with zero attached hydrogens (tertiary/aromatic N) is 2. The Labute approximate surface area is 173 Å². The van der Waals surface area contributed by atoms with E-state index >= 15 is 0 Å². The Morgan fingerprint density at radius 3 is 2.33 bits per heavy atom. The molecule has 0 atom stereocenters. The average molecular weight is 415 g/mol. The first-order valence-corrected chi connectivity index (χ1v) is 9.18. The minimum Gasteiger partial charge on any atom is -0.493 e. The molecule has 0 saturated carbocycles. The molecule has 3 aromatic rings. The van der Waals surface area contributed by atoms with Gasteiger partial charge in [-0.3, -0.25) is 4.79 Å². The Morgan fingerprint density at radius 1 is 1.07 bits per heavy atom. The van der Waals surface area contributed by atoms with Crippen molar-refractivity contribution in [3.05, 3.63) is 53.7 Å². The highest BCUT2D eigenvalue weighted by molar-refractivity contribution is 5.76. The van der Waals surface area contributed by atoms with E-state index in [9.17, 15) is 9.18 Å². The Kier molecular flexibility index (Phi) is 6.84. The molecule has 1 aromatic heterocycles. The van der Waals surface area contributed by atoms with Gasteiger partial charge in [-0.05, 0) is 42.0 Å². The molecule has 1 N–H and O–H groups in total.